The molecule has 4 aliphatic rings. The summed E-state index contributed by atoms with van der Waals surface area (Å²) in [6, 6.07) is 0. The van der Waals surface area contributed by atoms with Crippen LogP contribution in [0.4, 0.5) is 0 Å². The normalized spacial score (nSPS) is 36.1. The van der Waals surface area contributed by atoms with Crippen LogP contribution in [0.5, 0.6) is 0 Å². The maximum atomic E-state index is 12.4. The highest BCUT2D eigenvalue weighted by Gasteiger charge is 2.47. The molecule has 2 saturated carbocycles. The van der Waals surface area contributed by atoms with Crippen molar-refractivity contribution in [3.05, 3.63) is 0 Å². The van der Waals surface area contributed by atoms with Gasteiger partial charge in [0.25, 0.3) is 0 Å². The minimum atomic E-state index is -3.10. The highest BCUT2D eigenvalue weighted by Crippen LogP contribution is 2.38. The Morgan fingerprint density at radius 1 is 1.18 bits per heavy atom. The molecule has 0 radical (unpaired) electrons. The van der Waals surface area contributed by atoms with Gasteiger partial charge in [0.05, 0.1) is 18.0 Å². The number of carbonyl (C=O) groups excluding carboxylic acids is 1. The van der Waals surface area contributed by atoms with Crippen LogP contribution in [0.3, 0.4) is 0 Å². The third-order valence-corrected chi connectivity index (χ3v) is 7.87. The van der Waals surface area contributed by atoms with Gasteiger partial charge in [-0.05, 0) is 38.0 Å². The summed E-state index contributed by atoms with van der Waals surface area (Å²) in [5, 5.41) is 2.84. The van der Waals surface area contributed by atoms with Gasteiger partial charge in [-0.2, -0.15) is 0 Å². The number of ether oxygens (including phenoxy) is 1. The molecule has 0 aromatic carbocycles. The van der Waals surface area contributed by atoms with Crippen LogP contribution >= 0.6 is 0 Å². The van der Waals surface area contributed by atoms with Gasteiger partial charge >= 0.3 is 0 Å². The van der Waals surface area contributed by atoms with E-state index in [0.717, 1.165) is 32.1 Å². The molecule has 2 aliphatic carbocycles. The number of hydrogen-bond acceptors (Lipinski definition) is 4. The second-order valence-electron chi connectivity index (χ2n) is 7.21. The standard InChI is InChI=1S/C15H24N2O4S/c18-15(10-1-2-10)16-7-14-13-8-17(6-5-11(13)9-21-14)22(19,20)12-3-4-12/h10-14H,1-9H2,(H,16,18)/t11-,13-,14+/m1/s1. The summed E-state index contributed by atoms with van der Waals surface area (Å²) in [4.78, 5) is 11.8. The maximum Gasteiger partial charge on any atom is 0.223 e. The highest BCUT2D eigenvalue weighted by molar-refractivity contribution is 7.90. The van der Waals surface area contributed by atoms with Gasteiger partial charge in [-0.25, -0.2) is 12.7 Å². The lowest BCUT2D eigenvalue weighted by Crippen LogP contribution is -2.48. The Morgan fingerprint density at radius 2 is 1.95 bits per heavy atom. The lowest BCUT2D eigenvalue weighted by atomic mass is 9.85. The summed E-state index contributed by atoms with van der Waals surface area (Å²) < 4.78 is 32.4. The molecule has 0 aromatic heterocycles. The van der Waals surface area contributed by atoms with E-state index in [9.17, 15) is 13.2 Å². The van der Waals surface area contributed by atoms with Gasteiger partial charge < -0.3 is 10.1 Å². The van der Waals surface area contributed by atoms with Crippen LogP contribution in [0.2, 0.25) is 0 Å². The van der Waals surface area contributed by atoms with E-state index in [1.807, 2.05) is 0 Å². The number of fused-ring (bicyclic) bond motifs is 1. The SMILES string of the molecule is O=C(NC[C@@H]1OC[C@H]2CCN(S(=O)(=O)C3CC3)C[C@H]21)C1CC1. The van der Waals surface area contributed by atoms with E-state index < -0.39 is 10.0 Å². The molecule has 3 atom stereocenters. The summed E-state index contributed by atoms with van der Waals surface area (Å²) >= 11 is 0. The maximum absolute atomic E-state index is 12.4. The van der Waals surface area contributed by atoms with Crippen molar-refractivity contribution in [1.82, 2.24) is 9.62 Å². The van der Waals surface area contributed by atoms with Crippen molar-refractivity contribution in [3.63, 3.8) is 0 Å². The topological polar surface area (TPSA) is 75.7 Å². The van der Waals surface area contributed by atoms with E-state index in [0.29, 0.717) is 32.2 Å². The lowest BCUT2D eigenvalue weighted by Gasteiger charge is -2.35. The largest absolute Gasteiger partial charge is 0.376 e. The average Bonchev–Trinajstić information content (AvgIpc) is 3.39. The minimum absolute atomic E-state index is 0.0371. The molecule has 6 nitrogen and oxygen atoms in total. The number of sulfonamides is 1. The van der Waals surface area contributed by atoms with Crippen LogP contribution in [-0.2, 0) is 19.6 Å². The van der Waals surface area contributed by atoms with E-state index in [1.165, 1.54) is 0 Å². The summed E-state index contributed by atoms with van der Waals surface area (Å²) in [5.74, 6) is 0.996. The van der Waals surface area contributed by atoms with Crippen molar-refractivity contribution in [2.75, 3.05) is 26.2 Å². The Kier molecular flexibility index (Phi) is 3.70. The third kappa shape index (κ3) is 2.78. The summed E-state index contributed by atoms with van der Waals surface area (Å²) in [7, 11) is -3.10. The first-order chi connectivity index (χ1) is 10.6. The Hall–Kier alpha value is -0.660. The van der Waals surface area contributed by atoms with Gasteiger partial charge in [-0.15, -0.1) is 0 Å². The Labute approximate surface area is 131 Å². The average molecular weight is 328 g/mol. The van der Waals surface area contributed by atoms with E-state index in [-0.39, 0.29) is 29.1 Å². The van der Waals surface area contributed by atoms with Crippen LogP contribution in [0.15, 0.2) is 0 Å². The van der Waals surface area contributed by atoms with E-state index in [2.05, 4.69) is 5.32 Å². The molecule has 4 fully saturated rings. The molecule has 1 amide bonds. The molecule has 1 N–H and O–H groups in total. The van der Waals surface area contributed by atoms with Crippen LogP contribution < -0.4 is 5.32 Å². The second-order valence-corrected chi connectivity index (χ2v) is 9.42. The fourth-order valence-electron chi connectivity index (χ4n) is 3.71. The quantitative estimate of drug-likeness (QED) is 0.790. The van der Waals surface area contributed by atoms with Crippen molar-refractivity contribution in [1.29, 1.82) is 0 Å². The monoisotopic (exact) mass is 328 g/mol. The van der Waals surface area contributed by atoms with Crippen LogP contribution in [0.25, 0.3) is 0 Å². The van der Waals surface area contributed by atoms with Crippen molar-refractivity contribution in [3.8, 4) is 0 Å². The summed E-state index contributed by atoms with van der Waals surface area (Å²) in [6.07, 6.45) is 4.45. The predicted molar refractivity (Wildman–Crippen MR) is 80.6 cm³/mol. The number of hydrogen-bond donors (Lipinski definition) is 1. The van der Waals surface area contributed by atoms with Gasteiger partial charge in [0.15, 0.2) is 0 Å². The molecule has 4 rings (SSSR count). The van der Waals surface area contributed by atoms with Crippen LogP contribution in [0, 0.1) is 17.8 Å². The molecule has 2 aliphatic heterocycles. The molecule has 0 aromatic rings. The van der Waals surface area contributed by atoms with Crippen molar-refractivity contribution >= 4 is 15.9 Å². The van der Waals surface area contributed by atoms with Crippen molar-refractivity contribution in [2.45, 2.75) is 43.5 Å². The van der Waals surface area contributed by atoms with Gasteiger partial charge in [0.2, 0.25) is 15.9 Å². The predicted octanol–water partition coefficient (Wildman–Crippen LogP) is 0.342. The van der Waals surface area contributed by atoms with Crippen molar-refractivity contribution < 1.29 is 17.9 Å². The Bertz CT molecular complexity index is 556. The molecule has 0 bridgehead atoms. The van der Waals surface area contributed by atoms with Gasteiger partial charge in [0, 0.05) is 31.5 Å². The second kappa shape index (κ2) is 5.46. The molecule has 0 unspecified atom stereocenters. The zero-order valence-electron chi connectivity index (χ0n) is 12.7. The smallest absolute Gasteiger partial charge is 0.223 e. The van der Waals surface area contributed by atoms with Crippen LogP contribution in [0.1, 0.15) is 32.1 Å². The highest BCUT2D eigenvalue weighted by atomic mass is 32.2. The number of piperidine rings is 1. The first-order valence-electron chi connectivity index (χ1n) is 8.44. The molecule has 7 heteroatoms. The molecule has 2 saturated heterocycles. The number of amides is 1. The van der Waals surface area contributed by atoms with Gasteiger partial charge in [-0.3, -0.25) is 4.79 Å². The number of carbonyl (C=O) groups is 1. The minimum Gasteiger partial charge on any atom is -0.376 e. The number of nitrogens with zero attached hydrogens (tertiary/aromatic N) is 1. The van der Waals surface area contributed by atoms with E-state index in [4.69, 9.17) is 4.74 Å². The summed E-state index contributed by atoms with van der Waals surface area (Å²) in [6.45, 7) is 2.41. The fourth-order valence-corrected chi connectivity index (χ4v) is 5.60. The molecular formula is C15H24N2O4S. The lowest BCUT2D eigenvalue weighted by molar-refractivity contribution is -0.122. The van der Waals surface area contributed by atoms with E-state index in [1.54, 1.807) is 4.31 Å². The zero-order chi connectivity index (χ0) is 15.3. The molecule has 0 spiro atoms. The first kappa shape index (κ1) is 14.9. The molecule has 2 heterocycles. The Balaban J connectivity index is 1.37. The number of nitrogens with one attached hydrogen (secondary N) is 1. The molecular weight excluding hydrogens is 304 g/mol. The fraction of sp³-hybridized carbons (Fsp3) is 0.933. The van der Waals surface area contributed by atoms with Crippen LogP contribution in [-0.4, -0.2) is 56.2 Å². The first-order valence-corrected chi connectivity index (χ1v) is 9.94. The molecule has 22 heavy (non-hydrogen) atoms. The summed E-state index contributed by atoms with van der Waals surface area (Å²) in [5.41, 5.74) is 0. The molecule has 124 valence electrons. The van der Waals surface area contributed by atoms with Gasteiger partial charge in [-0.1, -0.05) is 0 Å². The number of rotatable bonds is 5. The van der Waals surface area contributed by atoms with Gasteiger partial charge in [0.1, 0.15) is 0 Å². The van der Waals surface area contributed by atoms with Crippen molar-refractivity contribution in [2.24, 2.45) is 17.8 Å². The zero-order valence-corrected chi connectivity index (χ0v) is 13.6. The third-order valence-electron chi connectivity index (χ3n) is 5.50. The van der Waals surface area contributed by atoms with E-state index >= 15 is 0 Å². The Morgan fingerprint density at radius 3 is 2.64 bits per heavy atom.